The molecule has 12 heteroatoms. The average molecular weight is 514 g/mol. The van der Waals surface area contributed by atoms with Crippen molar-refractivity contribution in [3.63, 3.8) is 0 Å². The van der Waals surface area contributed by atoms with Gasteiger partial charge in [-0.3, -0.25) is 9.59 Å². The minimum Gasteiger partial charge on any atom is -0.458 e. The van der Waals surface area contributed by atoms with Gasteiger partial charge in [-0.2, -0.15) is 0 Å². The molecule has 0 fully saturated rings. The molecule has 186 valence electrons. The number of nitrogens with one attached hydrogen (secondary N) is 1. The summed E-state index contributed by atoms with van der Waals surface area (Å²) in [7, 11) is 0. The van der Waals surface area contributed by atoms with Crippen molar-refractivity contribution in [2.75, 3.05) is 13.4 Å². The fourth-order valence-corrected chi connectivity index (χ4v) is 5.44. The van der Waals surface area contributed by atoms with Crippen molar-refractivity contribution in [1.29, 1.82) is 0 Å². The number of pyridine rings is 2. The number of carbonyl (C=O) groups is 2. The summed E-state index contributed by atoms with van der Waals surface area (Å²) in [5.41, 5.74) is 0.584. The van der Waals surface area contributed by atoms with E-state index in [2.05, 4.69) is 5.32 Å². The first-order valence-corrected chi connectivity index (χ1v) is 11.6. The first-order valence-electron chi connectivity index (χ1n) is 11.3. The monoisotopic (exact) mass is 513 g/mol. The number of hydrogen-bond acceptors (Lipinski definition) is 9. The third kappa shape index (κ3) is 3.00. The minimum atomic E-state index is -1.95. The molecule has 0 saturated heterocycles. The van der Waals surface area contributed by atoms with Crippen LogP contribution in [0.15, 0.2) is 16.9 Å². The molecule has 5 heterocycles. The molecule has 6 rings (SSSR count). The number of amides is 1. The second kappa shape index (κ2) is 7.92. The zero-order valence-electron chi connectivity index (χ0n) is 19.0. The average Bonchev–Trinajstić information content (AvgIpc) is 3.49. The predicted octanol–water partition coefficient (Wildman–Crippen LogP) is 1.07. The summed E-state index contributed by atoms with van der Waals surface area (Å²) in [5, 5.41) is 23.7. The van der Waals surface area contributed by atoms with E-state index in [-0.39, 0.29) is 49.1 Å². The summed E-state index contributed by atoms with van der Waals surface area (Å²) in [6.07, 6.45) is 0.0251. The number of cyclic esters (lactones) is 1. The SMILES string of the molecule is CC[C@@]1(O)C(=O)OCc2c1cc1n(c2=O)Cc2c-1nc1cc3c(c(Cl)c1c2CNC(=O)CO)OCO3. The standard InChI is InChI=1S/C24H20ClN3O8/c1-2-24(33)13-3-15-20-11(6-28(15)22(31)12(13)8-34-23(24)32)10(5-26-17(30)7-29)18-14(27-20)4-16-21(19(18)25)36-9-35-16/h3-4,29,33H,2,5-9H2,1H3,(H,26,30)/t24-/m0/s1. The highest BCUT2D eigenvalue weighted by Crippen LogP contribution is 2.47. The molecule has 0 bridgehead atoms. The van der Waals surface area contributed by atoms with Gasteiger partial charge in [0.1, 0.15) is 13.2 Å². The molecule has 0 aliphatic carbocycles. The van der Waals surface area contributed by atoms with Crippen LogP contribution in [0, 0.1) is 0 Å². The Bertz CT molecular complexity index is 1570. The van der Waals surface area contributed by atoms with E-state index in [1.165, 1.54) is 4.57 Å². The van der Waals surface area contributed by atoms with Gasteiger partial charge in [0.05, 0.1) is 34.0 Å². The van der Waals surface area contributed by atoms with Crippen molar-refractivity contribution < 1.29 is 34.0 Å². The fraction of sp³-hybridized carbons (Fsp3) is 0.333. The van der Waals surface area contributed by atoms with E-state index < -0.39 is 29.6 Å². The highest BCUT2D eigenvalue weighted by atomic mass is 35.5. The maximum atomic E-state index is 13.5. The zero-order chi connectivity index (χ0) is 25.4. The number of benzene rings is 1. The molecule has 0 saturated carbocycles. The number of aliphatic hydroxyl groups excluding tert-OH is 1. The summed E-state index contributed by atoms with van der Waals surface area (Å²) in [6, 6.07) is 3.27. The van der Waals surface area contributed by atoms with E-state index in [0.717, 1.165) is 0 Å². The van der Waals surface area contributed by atoms with E-state index >= 15 is 0 Å². The van der Waals surface area contributed by atoms with Gasteiger partial charge in [-0.1, -0.05) is 18.5 Å². The van der Waals surface area contributed by atoms with Gasteiger partial charge in [0, 0.05) is 29.1 Å². The number of fused-ring (bicyclic) bond motifs is 6. The van der Waals surface area contributed by atoms with Crippen LogP contribution in [0.1, 0.15) is 35.6 Å². The van der Waals surface area contributed by atoms with Crippen molar-refractivity contribution in [2.45, 2.75) is 38.6 Å². The van der Waals surface area contributed by atoms with Crippen LogP contribution in [-0.4, -0.2) is 45.0 Å². The Morgan fingerprint density at radius 1 is 1.25 bits per heavy atom. The number of hydrogen-bond donors (Lipinski definition) is 3. The van der Waals surface area contributed by atoms with Crippen molar-refractivity contribution in [3.8, 4) is 22.9 Å². The lowest BCUT2D eigenvalue weighted by Crippen LogP contribution is -2.44. The highest BCUT2D eigenvalue weighted by molar-refractivity contribution is 6.37. The Kier molecular flexibility index (Phi) is 5.01. The fourth-order valence-electron chi connectivity index (χ4n) is 5.08. The van der Waals surface area contributed by atoms with Gasteiger partial charge in [0.15, 0.2) is 17.1 Å². The maximum absolute atomic E-state index is 13.5. The van der Waals surface area contributed by atoms with Crippen molar-refractivity contribution in [3.05, 3.63) is 49.8 Å². The van der Waals surface area contributed by atoms with Gasteiger partial charge in [0.25, 0.3) is 5.56 Å². The van der Waals surface area contributed by atoms with Crippen LogP contribution in [0.4, 0.5) is 0 Å². The molecule has 11 nitrogen and oxygen atoms in total. The van der Waals surface area contributed by atoms with E-state index in [9.17, 15) is 24.6 Å². The largest absolute Gasteiger partial charge is 0.458 e. The number of nitrogens with zero attached hydrogens (tertiary/aromatic N) is 2. The van der Waals surface area contributed by atoms with Crippen LogP contribution in [0.3, 0.4) is 0 Å². The number of ether oxygens (including phenoxy) is 3. The van der Waals surface area contributed by atoms with E-state index in [1.807, 2.05) is 0 Å². The Morgan fingerprint density at radius 3 is 2.81 bits per heavy atom. The minimum absolute atomic E-state index is 0.00225. The number of carbonyl (C=O) groups excluding carboxylic acids is 2. The summed E-state index contributed by atoms with van der Waals surface area (Å²) >= 11 is 6.70. The summed E-state index contributed by atoms with van der Waals surface area (Å²) in [6.45, 7) is 0.816. The van der Waals surface area contributed by atoms with Crippen LogP contribution in [-0.2, 0) is 39.6 Å². The topological polar surface area (TPSA) is 149 Å². The Labute approximate surface area is 208 Å². The Hall–Kier alpha value is -3.67. The van der Waals surface area contributed by atoms with Gasteiger partial charge in [0.2, 0.25) is 12.7 Å². The third-order valence-electron chi connectivity index (χ3n) is 6.98. The lowest BCUT2D eigenvalue weighted by molar-refractivity contribution is -0.172. The normalized spacial score (nSPS) is 19.1. The van der Waals surface area contributed by atoms with Gasteiger partial charge >= 0.3 is 5.97 Å². The molecule has 1 aromatic carbocycles. The van der Waals surface area contributed by atoms with E-state index in [0.29, 0.717) is 44.9 Å². The first-order chi connectivity index (χ1) is 17.3. The lowest BCUT2D eigenvalue weighted by Gasteiger charge is -2.31. The Balaban J connectivity index is 1.63. The third-order valence-corrected chi connectivity index (χ3v) is 7.34. The van der Waals surface area contributed by atoms with Crippen LogP contribution in [0.5, 0.6) is 11.5 Å². The molecule has 0 unspecified atom stereocenters. The number of rotatable bonds is 4. The van der Waals surface area contributed by atoms with Crippen LogP contribution in [0.25, 0.3) is 22.3 Å². The van der Waals surface area contributed by atoms with Crippen LogP contribution in [0.2, 0.25) is 5.02 Å². The molecule has 0 radical (unpaired) electrons. The molecular weight excluding hydrogens is 494 g/mol. The molecule has 3 aliphatic heterocycles. The second-order valence-corrected chi connectivity index (χ2v) is 9.15. The number of aromatic nitrogens is 2. The molecule has 1 atom stereocenters. The molecule has 3 aromatic rings. The molecule has 36 heavy (non-hydrogen) atoms. The number of halogens is 1. The summed E-state index contributed by atoms with van der Waals surface area (Å²) in [4.78, 5) is 42.6. The second-order valence-electron chi connectivity index (χ2n) is 8.77. The molecule has 1 amide bonds. The molecule has 3 N–H and O–H groups in total. The van der Waals surface area contributed by atoms with Crippen molar-refractivity contribution in [2.24, 2.45) is 0 Å². The smallest absolute Gasteiger partial charge is 0.343 e. The van der Waals surface area contributed by atoms with Crippen molar-refractivity contribution >= 4 is 34.4 Å². The van der Waals surface area contributed by atoms with Crippen molar-refractivity contribution in [1.82, 2.24) is 14.9 Å². The molecular formula is C24H20ClN3O8. The maximum Gasteiger partial charge on any atom is 0.343 e. The van der Waals surface area contributed by atoms with E-state index in [4.69, 9.17) is 30.8 Å². The van der Waals surface area contributed by atoms with Gasteiger partial charge in [-0.05, 0) is 18.1 Å². The number of aliphatic hydroxyl groups is 2. The van der Waals surface area contributed by atoms with Gasteiger partial charge in [-0.25, -0.2) is 9.78 Å². The first kappa shape index (κ1) is 22.8. The Morgan fingerprint density at radius 2 is 2.06 bits per heavy atom. The lowest BCUT2D eigenvalue weighted by atomic mass is 9.86. The van der Waals surface area contributed by atoms with Gasteiger partial charge < -0.3 is 34.3 Å². The van der Waals surface area contributed by atoms with Crippen LogP contribution < -0.4 is 20.3 Å². The zero-order valence-corrected chi connectivity index (χ0v) is 19.8. The summed E-state index contributed by atoms with van der Waals surface area (Å²) < 4.78 is 17.6. The predicted molar refractivity (Wildman–Crippen MR) is 125 cm³/mol. The quantitative estimate of drug-likeness (QED) is 0.340. The highest BCUT2D eigenvalue weighted by Gasteiger charge is 2.45. The van der Waals surface area contributed by atoms with E-state index in [1.54, 1.807) is 19.1 Å². The molecule has 0 spiro atoms. The van der Waals surface area contributed by atoms with Gasteiger partial charge in [-0.15, -0.1) is 0 Å². The summed E-state index contributed by atoms with van der Waals surface area (Å²) in [5.74, 6) is -0.627. The van der Waals surface area contributed by atoms with Crippen LogP contribution >= 0.6 is 11.6 Å². The number of esters is 1. The molecule has 2 aromatic heterocycles. The molecule has 3 aliphatic rings.